The molecule has 3 aromatic rings. The number of piperidine rings is 1. The van der Waals surface area contributed by atoms with Gasteiger partial charge in [-0.2, -0.15) is 0 Å². The van der Waals surface area contributed by atoms with E-state index in [4.69, 9.17) is 21.4 Å². The Morgan fingerprint density at radius 2 is 2.03 bits per heavy atom. The Kier molecular flexibility index (Phi) is 11.0. The highest BCUT2D eigenvalue weighted by Gasteiger charge is 2.31. The van der Waals surface area contributed by atoms with Crippen LogP contribution in [0.1, 0.15) is 62.2 Å². The monoisotopic (exact) mass is 599 g/mol. The third kappa shape index (κ3) is 7.29. The number of thiophene rings is 1. The fraction of sp³-hybridized carbons (Fsp3) is 0.519. The van der Waals surface area contributed by atoms with Crippen LogP contribution in [0.25, 0.3) is 20.7 Å². The van der Waals surface area contributed by atoms with Gasteiger partial charge in [0.15, 0.2) is 0 Å². The van der Waals surface area contributed by atoms with Gasteiger partial charge in [0, 0.05) is 22.7 Å². The standard InChI is InChI=1S/C27H34ClN5O2S.2ClH/c1-3-27(11-14-33(2)15-12-27)10-5-13-29-26-30-17-21(28)24(31-26)23-16-20-19(6-4-7-22(20)36-23)25(34)35-32-18-8-9-18;;/h4,6-7,16-18,32H,3,5,8-15H2,1-2H3,(H,29,30,31);2*1H. The summed E-state index contributed by atoms with van der Waals surface area (Å²) in [5.41, 5.74) is 4.50. The summed E-state index contributed by atoms with van der Waals surface area (Å²) in [6, 6.07) is 7.91. The Balaban J connectivity index is 0.00000200. The van der Waals surface area contributed by atoms with Gasteiger partial charge in [0.2, 0.25) is 5.95 Å². The molecule has 0 radical (unpaired) electrons. The van der Waals surface area contributed by atoms with Crippen LogP contribution >= 0.6 is 47.8 Å². The van der Waals surface area contributed by atoms with E-state index in [1.807, 2.05) is 18.2 Å². The highest BCUT2D eigenvalue weighted by Crippen LogP contribution is 2.39. The number of aromatic nitrogens is 2. The van der Waals surface area contributed by atoms with E-state index in [0.717, 1.165) is 40.8 Å². The minimum Gasteiger partial charge on any atom is -0.366 e. The highest BCUT2D eigenvalue weighted by atomic mass is 35.5. The summed E-state index contributed by atoms with van der Waals surface area (Å²) < 4.78 is 0.984. The lowest BCUT2D eigenvalue weighted by atomic mass is 9.73. The topological polar surface area (TPSA) is 79.4 Å². The van der Waals surface area contributed by atoms with Gasteiger partial charge in [-0.25, -0.2) is 14.8 Å². The molecular formula is C27H36Cl3N5O2S. The van der Waals surface area contributed by atoms with E-state index in [0.29, 0.717) is 27.6 Å². The maximum absolute atomic E-state index is 12.6. The van der Waals surface area contributed by atoms with Crippen molar-refractivity contribution in [3.05, 3.63) is 41.0 Å². The fourth-order valence-corrected chi connectivity index (χ4v) is 6.25. The maximum Gasteiger partial charge on any atom is 0.357 e. The van der Waals surface area contributed by atoms with Gasteiger partial charge < -0.3 is 15.1 Å². The molecule has 2 aliphatic rings. The molecule has 0 bridgehead atoms. The molecule has 1 aliphatic heterocycles. The van der Waals surface area contributed by atoms with E-state index in [-0.39, 0.29) is 36.8 Å². The minimum atomic E-state index is -0.373. The quantitative estimate of drug-likeness (QED) is 0.192. The lowest BCUT2D eigenvalue weighted by Gasteiger charge is -2.40. The number of carbonyl (C=O) groups is 1. The van der Waals surface area contributed by atoms with Crippen LogP contribution in [0.3, 0.4) is 0 Å². The zero-order valence-corrected chi connectivity index (χ0v) is 25.0. The number of anilines is 1. The number of hydroxylamine groups is 1. The van der Waals surface area contributed by atoms with Crippen LogP contribution in [0.4, 0.5) is 5.95 Å². The summed E-state index contributed by atoms with van der Waals surface area (Å²) >= 11 is 8.07. The van der Waals surface area contributed by atoms with Crippen molar-refractivity contribution in [2.75, 3.05) is 32.0 Å². The van der Waals surface area contributed by atoms with Gasteiger partial charge in [-0.3, -0.25) is 0 Å². The molecule has 208 valence electrons. The molecule has 38 heavy (non-hydrogen) atoms. The molecular weight excluding hydrogens is 565 g/mol. The number of nitrogens with one attached hydrogen (secondary N) is 2. The van der Waals surface area contributed by atoms with Gasteiger partial charge >= 0.3 is 5.97 Å². The third-order valence-electron chi connectivity index (χ3n) is 7.62. The van der Waals surface area contributed by atoms with Gasteiger partial charge in [-0.05, 0) is 82.3 Å². The fourth-order valence-electron chi connectivity index (χ4n) is 4.91. The zero-order valence-electron chi connectivity index (χ0n) is 21.8. The molecule has 3 heterocycles. The van der Waals surface area contributed by atoms with E-state index < -0.39 is 0 Å². The predicted molar refractivity (Wildman–Crippen MR) is 161 cm³/mol. The molecule has 0 amide bonds. The van der Waals surface area contributed by atoms with Crippen molar-refractivity contribution < 1.29 is 9.63 Å². The van der Waals surface area contributed by atoms with E-state index >= 15 is 0 Å². The Morgan fingerprint density at radius 3 is 2.74 bits per heavy atom. The number of benzene rings is 1. The summed E-state index contributed by atoms with van der Waals surface area (Å²) in [5.74, 6) is 0.205. The average molecular weight is 601 g/mol. The van der Waals surface area contributed by atoms with Crippen molar-refractivity contribution in [1.29, 1.82) is 0 Å². The minimum absolute atomic E-state index is 0. The molecule has 2 N–H and O–H groups in total. The number of rotatable bonds is 10. The Morgan fingerprint density at radius 1 is 1.26 bits per heavy atom. The van der Waals surface area contributed by atoms with Crippen LogP contribution in [0.15, 0.2) is 30.5 Å². The molecule has 1 saturated heterocycles. The van der Waals surface area contributed by atoms with Crippen LogP contribution in [0, 0.1) is 5.41 Å². The molecule has 5 rings (SSSR count). The Labute approximate surface area is 245 Å². The van der Waals surface area contributed by atoms with Gasteiger partial charge in [-0.15, -0.1) is 41.6 Å². The first-order valence-corrected chi connectivity index (χ1v) is 14.1. The van der Waals surface area contributed by atoms with E-state index in [1.54, 1.807) is 23.6 Å². The second-order valence-corrected chi connectivity index (χ2v) is 11.7. The van der Waals surface area contributed by atoms with Crippen molar-refractivity contribution in [2.45, 2.75) is 57.9 Å². The van der Waals surface area contributed by atoms with Gasteiger partial charge in [0.05, 0.1) is 21.7 Å². The number of likely N-dealkylation sites (tertiary alicyclic amines) is 1. The first-order chi connectivity index (χ1) is 17.5. The number of halogens is 3. The number of fused-ring (bicyclic) bond motifs is 1. The normalized spacial score (nSPS) is 16.9. The molecule has 1 aliphatic carbocycles. The zero-order chi connectivity index (χ0) is 25.1. The summed E-state index contributed by atoms with van der Waals surface area (Å²) in [6.07, 6.45) is 9.83. The predicted octanol–water partition coefficient (Wildman–Crippen LogP) is 6.99. The second kappa shape index (κ2) is 13.6. The molecule has 0 spiro atoms. The average Bonchev–Trinajstić information content (AvgIpc) is 3.63. The molecule has 11 heteroatoms. The van der Waals surface area contributed by atoms with Crippen molar-refractivity contribution in [2.24, 2.45) is 5.41 Å². The summed E-state index contributed by atoms with van der Waals surface area (Å²) in [7, 11) is 2.21. The largest absolute Gasteiger partial charge is 0.366 e. The first kappa shape index (κ1) is 30.9. The Hall–Kier alpha value is -1.68. The number of hydrogen-bond acceptors (Lipinski definition) is 8. The van der Waals surface area contributed by atoms with Crippen molar-refractivity contribution in [3.63, 3.8) is 0 Å². The lowest BCUT2D eigenvalue weighted by Crippen LogP contribution is -2.37. The van der Waals surface area contributed by atoms with E-state index in [2.05, 4.69) is 34.7 Å². The molecule has 0 atom stereocenters. The van der Waals surface area contributed by atoms with Crippen molar-refractivity contribution in [1.82, 2.24) is 20.3 Å². The first-order valence-electron chi connectivity index (χ1n) is 12.9. The van der Waals surface area contributed by atoms with Gasteiger partial charge in [0.1, 0.15) is 5.69 Å². The van der Waals surface area contributed by atoms with E-state index in [9.17, 15) is 4.79 Å². The summed E-state index contributed by atoms with van der Waals surface area (Å²) in [6.45, 7) is 5.54. The smallest absolute Gasteiger partial charge is 0.357 e. The SMILES string of the molecule is CCC1(CCCNc2ncc(Cl)c(-c3cc4c(C(=O)ONC5CC5)cccc4s3)n2)CCN(C)CC1.Cl.Cl. The summed E-state index contributed by atoms with van der Waals surface area (Å²) in [4.78, 5) is 30.4. The lowest BCUT2D eigenvalue weighted by molar-refractivity contribution is 0.0238. The third-order valence-corrected chi connectivity index (χ3v) is 9.00. The van der Waals surface area contributed by atoms with Crippen molar-refractivity contribution >= 4 is 69.8 Å². The van der Waals surface area contributed by atoms with Crippen LogP contribution in [-0.2, 0) is 4.84 Å². The molecule has 0 unspecified atom stereocenters. The molecule has 1 saturated carbocycles. The number of carbonyl (C=O) groups excluding carboxylic acids is 1. The van der Waals surface area contributed by atoms with E-state index in [1.165, 1.54) is 38.8 Å². The van der Waals surface area contributed by atoms with Crippen molar-refractivity contribution in [3.8, 4) is 10.6 Å². The van der Waals surface area contributed by atoms with Crippen LogP contribution in [-0.4, -0.2) is 53.6 Å². The summed E-state index contributed by atoms with van der Waals surface area (Å²) in [5, 5.41) is 4.73. The number of nitrogens with zero attached hydrogens (tertiary/aromatic N) is 3. The Bertz CT molecular complexity index is 1230. The van der Waals surface area contributed by atoms with Crippen LogP contribution in [0.2, 0.25) is 5.02 Å². The molecule has 1 aromatic carbocycles. The van der Waals surface area contributed by atoms with Crippen LogP contribution in [0.5, 0.6) is 0 Å². The molecule has 2 aromatic heterocycles. The second-order valence-electron chi connectivity index (χ2n) is 10.2. The highest BCUT2D eigenvalue weighted by molar-refractivity contribution is 7.22. The number of hydrogen-bond donors (Lipinski definition) is 2. The van der Waals surface area contributed by atoms with Gasteiger partial charge in [-0.1, -0.05) is 31.0 Å². The maximum atomic E-state index is 12.6. The van der Waals surface area contributed by atoms with Crippen LogP contribution < -0.4 is 10.8 Å². The van der Waals surface area contributed by atoms with Gasteiger partial charge in [0.25, 0.3) is 0 Å². The molecule has 2 fully saturated rings. The molecule has 7 nitrogen and oxygen atoms in total.